The molecular weight excluding hydrogens is 193 g/mol. The van der Waals surface area contributed by atoms with Crippen LogP contribution in [0, 0.1) is 11.8 Å². The minimum absolute atomic E-state index is 0. The van der Waals surface area contributed by atoms with E-state index in [1.54, 1.807) is 4.90 Å². The molecule has 72 valence electrons. The number of nitrogens with zero attached hydrogens (tertiary/aromatic N) is 1. The Labute approximate surface area is 109 Å². The Kier molecular flexibility index (Phi) is 9.97. The maximum atomic E-state index is 11.0. The molecule has 0 aliphatic carbocycles. The molecule has 0 amide bonds. The van der Waals surface area contributed by atoms with Gasteiger partial charge in [0, 0.05) is 18.3 Å². The molecule has 0 aromatic heterocycles. The Hall–Kier alpha value is 0.690. The van der Waals surface area contributed by atoms with Gasteiger partial charge in [0.2, 0.25) is 0 Å². The second kappa shape index (κ2) is 8.04. The van der Waals surface area contributed by atoms with Gasteiger partial charge in [-0.1, -0.05) is 39.9 Å². The molecule has 0 unspecified atom stereocenters. The summed E-state index contributed by atoms with van der Waals surface area (Å²) < 4.78 is 0. The smallest absolute Gasteiger partial charge is 0.852 e. The maximum absolute atomic E-state index is 11.0. The topological polar surface area (TPSA) is 26.3 Å². The van der Waals surface area contributed by atoms with Gasteiger partial charge < -0.3 is 10.0 Å². The third kappa shape index (κ3) is 9.01. The van der Waals surface area contributed by atoms with E-state index in [1.807, 2.05) is 0 Å². The molecule has 0 saturated carbocycles. The standard InChI is InChI=1S/C9H19NOS.Na/c1-7(2)5-10(9(11)12)6-8(3)4;/h7-8H,5-6H2,1-4H3,(H,11,12);/q;+1/p-1. The molecule has 0 radical (unpaired) electrons. The van der Waals surface area contributed by atoms with Crippen molar-refractivity contribution in [2.24, 2.45) is 11.8 Å². The molecule has 0 N–H and O–H groups in total. The summed E-state index contributed by atoms with van der Waals surface area (Å²) in [7, 11) is 0. The van der Waals surface area contributed by atoms with E-state index in [4.69, 9.17) is 0 Å². The van der Waals surface area contributed by atoms with E-state index in [9.17, 15) is 5.11 Å². The summed E-state index contributed by atoms with van der Waals surface area (Å²) in [6.45, 7) is 9.91. The predicted molar refractivity (Wildman–Crippen MR) is 53.8 cm³/mol. The first-order valence-corrected chi connectivity index (χ1v) is 4.80. The zero-order valence-electron chi connectivity index (χ0n) is 9.33. The Morgan fingerprint density at radius 2 is 1.46 bits per heavy atom. The molecule has 2 nitrogen and oxygen atoms in total. The van der Waals surface area contributed by atoms with E-state index in [0.717, 1.165) is 13.1 Å². The van der Waals surface area contributed by atoms with Gasteiger partial charge in [-0.05, 0) is 11.8 Å². The molecule has 0 aromatic rings. The van der Waals surface area contributed by atoms with Crippen LogP contribution in [-0.2, 0) is 0 Å². The minimum atomic E-state index is -0.225. The normalized spacial score (nSPS) is 10.0. The average molecular weight is 211 g/mol. The van der Waals surface area contributed by atoms with Gasteiger partial charge in [-0.3, -0.25) is 0 Å². The summed E-state index contributed by atoms with van der Waals surface area (Å²) in [5.74, 6) is 0.992. The maximum Gasteiger partial charge on any atom is 1.00 e. The molecule has 0 aliphatic rings. The summed E-state index contributed by atoms with van der Waals surface area (Å²) in [4.78, 5) is 1.74. The Balaban J connectivity index is 0. The van der Waals surface area contributed by atoms with Crippen LogP contribution in [0.25, 0.3) is 0 Å². The molecule has 0 aromatic carbocycles. The van der Waals surface area contributed by atoms with Crippen LogP contribution in [0.2, 0.25) is 0 Å². The Bertz CT molecular complexity index is 141. The van der Waals surface area contributed by atoms with Gasteiger partial charge in [-0.2, -0.15) is 0 Å². The average Bonchev–Trinajstić information content (AvgIpc) is 1.83. The first-order chi connectivity index (χ1) is 5.43. The first-order valence-electron chi connectivity index (χ1n) is 4.39. The van der Waals surface area contributed by atoms with E-state index in [2.05, 4.69) is 39.9 Å². The van der Waals surface area contributed by atoms with Crippen molar-refractivity contribution in [3.8, 4) is 0 Å². The van der Waals surface area contributed by atoms with Gasteiger partial charge in [0.05, 0.1) is 0 Å². The van der Waals surface area contributed by atoms with Gasteiger partial charge >= 0.3 is 29.6 Å². The van der Waals surface area contributed by atoms with Crippen LogP contribution >= 0.6 is 12.2 Å². The van der Waals surface area contributed by atoms with Crippen LogP contribution in [0.3, 0.4) is 0 Å². The van der Waals surface area contributed by atoms with Crippen molar-refractivity contribution in [2.75, 3.05) is 13.1 Å². The third-order valence-electron chi connectivity index (χ3n) is 1.43. The summed E-state index contributed by atoms with van der Waals surface area (Å²) in [5.41, 5.74) is 0. The fourth-order valence-electron chi connectivity index (χ4n) is 1.11. The molecule has 0 spiro atoms. The van der Waals surface area contributed by atoms with Crippen LogP contribution in [-0.4, -0.2) is 23.2 Å². The van der Waals surface area contributed by atoms with Crippen LogP contribution in [0.5, 0.6) is 0 Å². The largest absolute Gasteiger partial charge is 1.00 e. The van der Waals surface area contributed by atoms with Crippen molar-refractivity contribution in [1.82, 2.24) is 4.90 Å². The quantitative estimate of drug-likeness (QED) is 0.407. The van der Waals surface area contributed by atoms with Crippen molar-refractivity contribution in [3.05, 3.63) is 0 Å². The van der Waals surface area contributed by atoms with Crippen molar-refractivity contribution < 1.29 is 34.7 Å². The van der Waals surface area contributed by atoms with E-state index in [1.165, 1.54) is 0 Å². The molecule has 0 fully saturated rings. The van der Waals surface area contributed by atoms with Crippen molar-refractivity contribution >= 4 is 17.4 Å². The molecule has 0 rings (SSSR count). The molecule has 0 aliphatic heterocycles. The molecule has 0 bridgehead atoms. The van der Waals surface area contributed by atoms with Crippen molar-refractivity contribution in [3.63, 3.8) is 0 Å². The monoisotopic (exact) mass is 211 g/mol. The summed E-state index contributed by atoms with van der Waals surface area (Å²) in [6, 6.07) is 0. The van der Waals surface area contributed by atoms with Gasteiger partial charge in [-0.25, -0.2) is 0 Å². The molecule has 4 heteroatoms. The zero-order chi connectivity index (χ0) is 9.72. The number of rotatable bonds is 4. The van der Waals surface area contributed by atoms with Crippen LogP contribution in [0.4, 0.5) is 0 Å². The van der Waals surface area contributed by atoms with Crippen LogP contribution in [0.15, 0.2) is 0 Å². The van der Waals surface area contributed by atoms with Gasteiger partial charge in [0.1, 0.15) is 0 Å². The summed E-state index contributed by atoms with van der Waals surface area (Å²) in [5, 5.41) is 10.7. The molecule has 0 saturated heterocycles. The van der Waals surface area contributed by atoms with Crippen LogP contribution < -0.4 is 34.7 Å². The first kappa shape index (κ1) is 16.1. The predicted octanol–water partition coefficient (Wildman–Crippen LogP) is -1.75. The fraction of sp³-hybridized carbons (Fsp3) is 0.889. The van der Waals surface area contributed by atoms with Gasteiger partial charge in [0.25, 0.3) is 0 Å². The minimum Gasteiger partial charge on any atom is -0.852 e. The van der Waals surface area contributed by atoms with E-state index >= 15 is 0 Å². The summed E-state index contributed by atoms with van der Waals surface area (Å²) >= 11 is 4.62. The molecule has 13 heavy (non-hydrogen) atoms. The number of thiocarbonyl (C=S) groups is 1. The van der Waals surface area contributed by atoms with E-state index < -0.39 is 0 Å². The van der Waals surface area contributed by atoms with Crippen molar-refractivity contribution in [2.45, 2.75) is 27.7 Å². The van der Waals surface area contributed by atoms with Crippen molar-refractivity contribution in [1.29, 1.82) is 0 Å². The van der Waals surface area contributed by atoms with E-state index in [-0.39, 0.29) is 34.7 Å². The van der Waals surface area contributed by atoms with Crippen LogP contribution in [0.1, 0.15) is 27.7 Å². The second-order valence-electron chi connectivity index (χ2n) is 3.96. The molecule has 0 heterocycles. The van der Waals surface area contributed by atoms with Gasteiger partial charge in [0.15, 0.2) is 0 Å². The Morgan fingerprint density at radius 1 is 1.15 bits per heavy atom. The number of hydrogen-bond donors (Lipinski definition) is 0. The summed E-state index contributed by atoms with van der Waals surface area (Å²) in [6.07, 6.45) is 0. The molecule has 0 atom stereocenters. The number of hydrogen-bond acceptors (Lipinski definition) is 2. The second-order valence-corrected chi connectivity index (χ2v) is 4.31. The zero-order valence-corrected chi connectivity index (χ0v) is 12.1. The fourth-order valence-corrected chi connectivity index (χ4v) is 1.25. The SMILES string of the molecule is CC(C)CN(CC(C)C)C([O-])=S.[Na+]. The van der Waals surface area contributed by atoms with E-state index in [0.29, 0.717) is 11.8 Å². The third-order valence-corrected chi connectivity index (χ3v) is 1.69. The van der Waals surface area contributed by atoms with Gasteiger partial charge in [-0.15, -0.1) is 0 Å². The Morgan fingerprint density at radius 3 is 1.62 bits per heavy atom. The molecular formula is C9H18NNaOS.